The van der Waals surface area contributed by atoms with Gasteiger partial charge < -0.3 is 14.6 Å². The minimum Gasteiger partial charge on any atom is -0.508 e. The van der Waals surface area contributed by atoms with Crippen molar-refractivity contribution in [2.24, 2.45) is 5.92 Å². The third kappa shape index (κ3) is 5.22. The summed E-state index contributed by atoms with van der Waals surface area (Å²) in [7, 11) is 0. The highest BCUT2D eigenvalue weighted by Crippen LogP contribution is 2.27. The monoisotopic (exact) mass is 444 g/mol. The van der Waals surface area contributed by atoms with Crippen LogP contribution in [0.2, 0.25) is 0 Å². The lowest BCUT2D eigenvalue weighted by Crippen LogP contribution is -2.36. The molecule has 0 aliphatic carbocycles. The second-order valence-electron chi connectivity index (χ2n) is 8.97. The van der Waals surface area contributed by atoms with Crippen molar-refractivity contribution in [3.8, 4) is 5.75 Å². The normalized spacial score (nSPS) is 15.3. The number of hydrogen-bond acceptors (Lipinski definition) is 4. The molecule has 2 aromatic heterocycles. The Morgan fingerprint density at radius 3 is 2.58 bits per heavy atom. The smallest absolute Gasteiger partial charge is 0.123 e. The highest BCUT2D eigenvalue weighted by molar-refractivity contribution is 5.77. The minimum absolute atomic E-state index is 0.232. The Labute approximate surface area is 193 Å². The Balaban J connectivity index is 1.27. The third-order valence-electron chi connectivity index (χ3n) is 6.65. The molecule has 170 valence electrons. The first-order valence-corrected chi connectivity index (χ1v) is 11.7. The van der Waals surface area contributed by atoms with Gasteiger partial charge in [-0.1, -0.05) is 18.2 Å². The number of piperidine rings is 1. The lowest BCUT2D eigenvalue weighted by Gasteiger charge is -2.31. The molecule has 6 heteroatoms. The number of hydrogen-bond donors (Lipinski definition) is 1. The SMILES string of the molecule is Oc1ccc2nc(CC3CCN(CCc4ccccn4)CC3)n(Cc3ccc(F)cc3)c2c1. The number of likely N-dealkylation sites (tertiary alicyclic amines) is 1. The predicted octanol–water partition coefficient (Wildman–Crippen LogP) is 4.82. The summed E-state index contributed by atoms with van der Waals surface area (Å²) in [5, 5.41) is 10.0. The van der Waals surface area contributed by atoms with Gasteiger partial charge in [-0.25, -0.2) is 9.37 Å². The Morgan fingerprint density at radius 2 is 1.82 bits per heavy atom. The van der Waals surface area contributed by atoms with E-state index in [1.54, 1.807) is 12.1 Å². The fourth-order valence-electron chi connectivity index (χ4n) is 4.76. The minimum atomic E-state index is -0.234. The molecule has 1 aliphatic rings. The molecule has 5 nitrogen and oxygen atoms in total. The summed E-state index contributed by atoms with van der Waals surface area (Å²) in [4.78, 5) is 11.9. The van der Waals surface area contributed by atoms with Crippen LogP contribution in [0.4, 0.5) is 4.39 Å². The van der Waals surface area contributed by atoms with Crippen molar-refractivity contribution in [1.82, 2.24) is 19.4 Å². The largest absolute Gasteiger partial charge is 0.508 e. The Hall–Kier alpha value is -3.25. The molecule has 3 heterocycles. The van der Waals surface area contributed by atoms with Crippen molar-refractivity contribution in [1.29, 1.82) is 0 Å². The summed E-state index contributed by atoms with van der Waals surface area (Å²) in [6.07, 6.45) is 6.05. The Kier molecular flexibility index (Phi) is 6.35. The van der Waals surface area contributed by atoms with Crippen LogP contribution in [-0.2, 0) is 19.4 Å². The van der Waals surface area contributed by atoms with Crippen LogP contribution in [0.1, 0.15) is 29.9 Å². The van der Waals surface area contributed by atoms with E-state index in [0.717, 1.165) is 73.4 Å². The zero-order chi connectivity index (χ0) is 22.6. The number of nitrogens with zero attached hydrogens (tertiary/aromatic N) is 4. The first-order chi connectivity index (χ1) is 16.1. The second-order valence-corrected chi connectivity index (χ2v) is 8.97. The van der Waals surface area contributed by atoms with Crippen LogP contribution in [0.15, 0.2) is 66.9 Å². The van der Waals surface area contributed by atoms with Gasteiger partial charge in [-0.15, -0.1) is 0 Å². The summed E-state index contributed by atoms with van der Waals surface area (Å²) >= 11 is 0. The molecule has 1 fully saturated rings. The van der Waals surface area contributed by atoms with E-state index >= 15 is 0 Å². The average molecular weight is 445 g/mol. The van der Waals surface area contributed by atoms with Gasteiger partial charge >= 0.3 is 0 Å². The van der Waals surface area contributed by atoms with Crippen molar-refractivity contribution in [3.63, 3.8) is 0 Å². The van der Waals surface area contributed by atoms with Gasteiger partial charge in [0, 0.05) is 43.9 Å². The van der Waals surface area contributed by atoms with E-state index in [0.29, 0.717) is 12.5 Å². The maximum atomic E-state index is 13.4. The molecular weight excluding hydrogens is 415 g/mol. The van der Waals surface area contributed by atoms with Crippen LogP contribution < -0.4 is 0 Å². The van der Waals surface area contributed by atoms with Gasteiger partial charge in [-0.2, -0.15) is 0 Å². The van der Waals surface area contributed by atoms with E-state index in [9.17, 15) is 9.50 Å². The van der Waals surface area contributed by atoms with Gasteiger partial charge in [0.25, 0.3) is 0 Å². The first kappa shape index (κ1) is 21.6. The van der Waals surface area contributed by atoms with Gasteiger partial charge in [0.2, 0.25) is 0 Å². The summed E-state index contributed by atoms with van der Waals surface area (Å²) in [5.41, 5.74) is 3.97. The molecule has 4 aromatic rings. The third-order valence-corrected chi connectivity index (χ3v) is 6.65. The van der Waals surface area contributed by atoms with E-state index in [1.165, 1.54) is 12.1 Å². The molecule has 0 spiro atoms. The summed E-state index contributed by atoms with van der Waals surface area (Å²) in [5.74, 6) is 1.61. The molecule has 1 N–H and O–H groups in total. The van der Waals surface area contributed by atoms with Crippen molar-refractivity contribution in [2.45, 2.75) is 32.2 Å². The van der Waals surface area contributed by atoms with Crippen LogP contribution >= 0.6 is 0 Å². The van der Waals surface area contributed by atoms with E-state index in [4.69, 9.17) is 4.98 Å². The maximum absolute atomic E-state index is 13.4. The fourth-order valence-corrected chi connectivity index (χ4v) is 4.76. The molecule has 1 saturated heterocycles. The predicted molar refractivity (Wildman–Crippen MR) is 128 cm³/mol. The number of aromatic nitrogens is 3. The van der Waals surface area contributed by atoms with Gasteiger partial charge in [-0.3, -0.25) is 4.98 Å². The van der Waals surface area contributed by atoms with Crippen molar-refractivity contribution in [3.05, 3.63) is 89.8 Å². The molecule has 2 aromatic carbocycles. The van der Waals surface area contributed by atoms with E-state index in [-0.39, 0.29) is 11.6 Å². The highest BCUT2D eigenvalue weighted by atomic mass is 19.1. The molecule has 0 saturated carbocycles. The number of imidazole rings is 1. The Bertz CT molecular complexity index is 1200. The topological polar surface area (TPSA) is 54.2 Å². The molecule has 1 aliphatic heterocycles. The number of pyridine rings is 1. The lowest BCUT2D eigenvalue weighted by atomic mass is 9.93. The van der Waals surface area contributed by atoms with Crippen LogP contribution in [0.25, 0.3) is 11.0 Å². The number of benzene rings is 2. The summed E-state index contributed by atoms with van der Waals surface area (Å²) in [6, 6.07) is 18.0. The number of fused-ring (bicyclic) bond motifs is 1. The number of phenols is 1. The second kappa shape index (κ2) is 9.71. The number of halogens is 1. The van der Waals surface area contributed by atoms with Crippen molar-refractivity contribution in [2.75, 3.05) is 19.6 Å². The standard InChI is InChI=1S/C27H29FN4O/c28-22-6-4-21(5-7-22)19-32-26-18-24(33)8-9-25(26)30-27(32)17-20-10-14-31(15-11-20)16-12-23-3-1-2-13-29-23/h1-9,13,18,20,33H,10-12,14-17,19H2. The van der Waals surface area contributed by atoms with Gasteiger partial charge in [0.1, 0.15) is 17.4 Å². The van der Waals surface area contributed by atoms with E-state index in [2.05, 4.69) is 20.5 Å². The molecule has 0 amide bonds. The molecule has 33 heavy (non-hydrogen) atoms. The van der Waals surface area contributed by atoms with Gasteiger partial charge in [0.15, 0.2) is 0 Å². The summed E-state index contributed by atoms with van der Waals surface area (Å²) in [6.45, 7) is 3.84. The van der Waals surface area contributed by atoms with E-state index in [1.807, 2.05) is 36.5 Å². The number of rotatable bonds is 7. The zero-order valence-electron chi connectivity index (χ0n) is 18.7. The lowest BCUT2D eigenvalue weighted by molar-refractivity contribution is 0.184. The van der Waals surface area contributed by atoms with Gasteiger partial charge in [-0.05, 0) is 73.8 Å². The van der Waals surface area contributed by atoms with Crippen LogP contribution in [0.5, 0.6) is 5.75 Å². The zero-order valence-corrected chi connectivity index (χ0v) is 18.7. The van der Waals surface area contributed by atoms with E-state index < -0.39 is 0 Å². The number of phenolic OH excluding ortho intramolecular Hbond substituents is 1. The highest BCUT2D eigenvalue weighted by Gasteiger charge is 2.22. The van der Waals surface area contributed by atoms with Crippen LogP contribution in [-0.4, -0.2) is 44.2 Å². The van der Waals surface area contributed by atoms with Crippen LogP contribution in [0, 0.1) is 11.7 Å². The Morgan fingerprint density at radius 1 is 1.00 bits per heavy atom. The summed E-state index contributed by atoms with van der Waals surface area (Å²) < 4.78 is 15.6. The molecule has 0 radical (unpaired) electrons. The van der Waals surface area contributed by atoms with Crippen LogP contribution in [0.3, 0.4) is 0 Å². The van der Waals surface area contributed by atoms with Crippen molar-refractivity contribution >= 4 is 11.0 Å². The average Bonchev–Trinajstić information content (AvgIpc) is 3.16. The quantitative estimate of drug-likeness (QED) is 0.444. The molecule has 0 bridgehead atoms. The van der Waals surface area contributed by atoms with Crippen molar-refractivity contribution < 1.29 is 9.50 Å². The first-order valence-electron chi connectivity index (χ1n) is 11.7. The molecule has 5 rings (SSSR count). The van der Waals surface area contributed by atoms with Gasteiger partial charge in [0.05, 0.1) is 11.0 Å². The molecule has 0 atom stereocenters. The maximum Gasteiger partial charge on any atom is 0.123 e. The fraction of sp³-hybridized carbons (Fsp3) is 0.333. The molecular formula is C27H29FN4O. The molecule has 0 unspecified atom stereocenters. The number of aromatic hydroxyl groups is 1.